The van der Waals surface area contributed by atoms with Gasteiger partial charge >= 0.3 is 10.9 Å². The molecule has 0 aromatic heterocycles. The normalized spacial score (nSPS) is 8.70. The predicted molar refractivity (Wildman–Crippen MR) is 75.0 cm³/mol. The van der Waals surface area contributed by atoms with Crippen molar-refractivity contribution in [3.8, 4) is 11.5 Å². The summed E-state index contributed by atoms with van der Waals surface area (Å²) in [4.78, 5) is 17.5. The largest absolute Gasteiger partial charge is 0.507 e. The van der Waals surface area contributed by atoms with Gasteiger partial charge in [0.15, 0.2) is 0 Å². The van der Waals surface area contributed by atoms with E-state index in [2.05, 4.69) is 23.2 Å². The standard InChI is InChI=1S/C10H8O2.2CHClO2/c11-9-5-1-3-7-8(9)4-2-6-10(7)12;2*2-1(3)4/h1-6,11-12H;2*(H,3,4). The summed E-state index contributed by atoms with van der Waals surface area (Å²) in [5.41, 5.74) is -2.72. The number of carboxylic acid groups (broad SMARTS) is 2. The number of halogens is 2. The molecule has 20 heavy (non-hydrogen) atoms. The number of hydrogen-bond acceptors (Lipinski definition) is 4. The summed E-state index contributed by atoms with van der Waals surface area (Å²) in [5.74, 6) is 0.395. The van der Waals surface area contributed by atoms with E-state index >= 15 is 0 Å². The van der Waals surface area contributed by atoms with Crippen LogP contribution in [-0.2, 0) is 0 Å². The van der Waals surface area contributed by atoms with Crippen LogP contribution >= 0.6 is 23.2 Å². The van der Waals surface area contributed by atoms with Gasteiger partial charge in [-0.1, -0.05) is 24.3 Å². The third-order valence-electron chi connectivity index (χ3n) is 1.88. The SMILES string of the molecule is O=C(O)Cl.O=C(O)Cl.Oc1cccc2c(O)cccc12. The van der Waals surface area contributed by atoms with Crippen LogP contribution in [0.2, 0.25) is 0 Å². The molecule has 2 rings (SSSR count). The van der Waals surface area contributed by atoms with Gasteiger partial charge in [0.2, 0.25) is 0 Å². The zero-order valence-electron chi connectivity index (χ0n) is 9.83. The van der Waals surface area contributed by atoms with E-state index in [0.29, 0.717) is 10.8 Å². The molecule has 0 amide bonds. The second-order valence-electron chi connectivity index (χ2n) is 3.16. The molecule has 0 unspecified atom stereocenters. The number of benzene rings is 2. The van der Waals surface area contributed by atoms with Crippen LogP contribution in [-0.4, -0.2) is 31.3 Å². The summed E-state index contributed by atoms with van der Waals surface area (Å²) < 4.78 is 0. The zero-order chi connectivity index (χ0) is 15.7. The van der Waals surface area contributed by atoms with E-state index in [1.807, 2.05) is 0 Å². The van der Waals surface area contributed by atoms with E-state index < -0.39 is 10.9 Å². The van der Waals surface area contributed by atoms with E-state index in [9.17, 15) is 10.2 Å². The van der Waals surface area contributed by atoms with Crippen LogP contribution in [0, 0.1) is 0 Å². The van der Waals surface area contributed by atoms with Crippen LogP contribution in [0.1, 0.15) is 0 Å². The lowest BCUT2D eigenvalue weighted by Crippen LogP contribution is -1.73. The third kappa shape index (κ3) is 7.30. The van der Waals surface area contributed by atoms with Gasteiger partial charge in [0.25, 0.3) is 0 Å². The Morgan fingerprint density at radius 2 is 1.00 bits per heavy atom. The van der Waals surface area contributed by atoms with Crippen LogP contribution in [0.25, 0.3) is 10.8 Å². The highest BCUT2D eigenvalue weighted by Gasteiger charge is 2.00. The van der Waals surface area contributed by atoms with Gasteiger partial charge in [0, 0.05) is 34.0 Å². The maximum absolute atomic E-state index is 9.38. The van der Waals surface area contributed by atoms with Crippen molar-refractivity contribution >= 4 is 44.8 Å². The first kappa shape index (κ1) is 17.8. The molecule has 0 saturated carbocycles. The first-order chi connectivity index (χ1) is 9.25. The number of aromatic hydroxyl groups is 2. The fraction of sp³-hybridized carbons (Fsp3) is 0. The van der Waals surface area contributed by atoms with Crippen molar-refractivity contribution in [2.45, 2.75) is 0 Å². The van der Waals surface area contributed by atoms with Crippen molar-refractivity contribution in [2.75, 3.05) is 0 Å². The van der Waals surface area contributed by atoms with Crippen molar-refractivity contribution in [1.29, 1.82) is 0 Å². The summed E-state index contributed by atoms with van der Waals surface area (Å²) in [6.07, 6.45) is 0. The topological polar surface area (TPSA) is 115 Å². The van der Waals surface area contributed by atoms with Gasteiger partial charge in [-0.05, 0) is 12.1 Å². The molecule has 108 valence electrons. The monoisotopic (exact) mass is 320 g/mol. The van der Waals surface area contributed by atoms with Crippen molar-refractivity contribution < 1.29 is 30.0 Å². The van der Waals surface area contributed by atoms with Gasteiger partial charge in [0.1, 0.15) is 11.5 Å². The van der Waals surface area contributed by atoms with Crippen molar-refractivity contribution in [1.82, 2.24) is 0 Å². The molecule has 2 aromatic carbocycles. The fourth-order valence-electron chi connectivity index (χ4n) is 1.28. The molecule has 0 aliphatic heterocycles. The maximum Gasteiger partial charge on any atom is 0.401 e. The Bertz CT molecular complexity index is 538. The molecule has 0 atom stereocenters. The number of phenols is 2. The van der Waals surface area contributed by atoms with Crippen molar-refractivity contribution in [3.05, 3.63) is 36.4 Å². The molecular weight excluding hydrogens is 311 g/mol. The minimum absolute atomic E-state index is 0.198. The fourth-order valence-corrected chi connectivity index (χ4v) is 1.28. The molecule has 4 N–H and O–H groups in total. The molecule has 6 nitrogen and oxygen atoms in total. The highest BCUT2D eigenvalue weighted by molar-refractivity contribution is 6.60. The first-order valence-electron chi connectivity index (χ1n) is 4.92. The summed E-state index contributed by atoms with van der Waals surface area (Å²) >= 11 is 8.38. The summed E-state index contributed by atoms with van der Waals surface area (Å²) in [6.45, 7) is 0. The molecule has 0 saturated heterocycles. The Morgan fingerprint density at radius 1 is 0.750 bits per heavy atom. The van der Waals surface area contributed by atoms with Crippen LogP contribution < -0.4 is 0 Å². The molecule has 8 heteroatoms. The zero-order valence-corrected chi connectivity index (χ0v) is 11.3. The molecule has 2 aromatic rings. The Labute approximate surface area is 123 Å². The minimum Gasteiger partial charge on any atom is -0.507 e. The summed E-state index contributed by atoms with van der Waals surface area (Å²) in [7, 11) is 0. The van der Waals surface area contributed by atoms with E-state index in [-0.39, 0.29) is 11.5 Å². The second kappa shape index (κ2) is 8.84. The lowest BCUT2D eigenvalue weighted by atomic mass is 10.1. The molecule has 0 radical (unpaired) electrons. The Morgan fingerprint density at radius 3 is 1.25 bits per heavy atom. The van der Waals surface area contributed by atoms with E-state index in [0.717, 1.165) is 0 Å². The van der Waals surface area contributed by atoms with Crippen molar-refractivity contribution in [3.63, 3.8) is 0 Å². The quantitative estimate of drug-likeness (QED) is 0.544. The third-order valence-corrected chi connectivity index (χ3v) is 1.88. The highest BCUT2D eigenvalue weighted by Crippen LogP contribution is 2.29. The van der Waals surface area contributed by atoms with Gasteiger partial charge in [-0.2, -0.15) is 0 Å². The van der Waals surface area contributed by atoms with E-state index in [4.69, 9.17) is 19.8 Å². The van der Waals surface area contributed by atoms with E-state index in [1.54, 1.807) is 36.4 Å². The number of rotatable bonds is 0. The Balaban J connectivity index is 0.000000380. The molecule has 0 heterocycles. The van der Waals surface area contributed by atoms with Crippen LogP contribution in [0.15, 0.2) is 36.4 Å². The summed E-state index contributed by atoms with van der Waals surface area (Å²) in [5, 5.41) is 34.5. The van der Waals surface area contributed by atoms with Gasteiger partial charge in [0.05, 0.1) is 0 Å². The Hall–Kier alpha value is -2.18. The molecule has 0 aliphatic carbocycles. The average molecular weight is 321 g/mol. The van der Waals surface area contributed by atoms with Crippen LogP contribution in [0.4, 0.5) is 9.59 Å². The smallest absolute Gasteiger partial charge is 0.401 e. The average Bonchev–Trinajstić information content (AvgIpc) is 2.29. The number of hydrogen-bond donors (Lipinski definition) is 4. The molecule has 0 bridgehead atoms. The lowest BCUT2D eigenvalue weighted by Gasteiger charge is -2.01. The van der Waals surface area contributed by atoms with Crippen LogP contribution in [0.5, 0.6) is 11.5 Å². The molecular formula is C12H10Cl2O6. The van der Waals surface area contributed by atoms with E-state index in [1.165, 1.54) is 0 Å². The van der Waals surface area contributed by atoms with Gasteiger partial charge < -0.3 is 20.4 Å². The second-order valence-corrected chi connectivity index (χ2v) is 3.80. The first-order valence-corrected chi connectivity index (χ1v) is 5.67. The van der Waals surface area contributed by atoms with Gasteiger partial charge in [-0.25, -0.2) is 9.59 Å². The summed E-state index contributed by atoms with van der Waals surface area (Å²) in [6, 6.07) is 10.1. The van der Waals surface area contributed by atoms with Crippen molar-refractivity contribution in [2.24, 2.45) is 0 Å². The number of fused-ring (bicyclic) bond motifs is 1. The molecule has 0 aliphatic rings. The highest BCUT2D eigenvalue weighted by atomic mass is 35.5. The Kier molecular flexibility index (Phi) is 7.88. The van der Waals surface area contributed by atoms with Crippen LogP contribution in [0.3, 0.4) is 0 Å². The number of carbonyl (C=O) groups is 2. The van der Waals surface area contributed by atoms with Gasteiger partial charge in [-0.15, -0.1) is 0 Å². The minimum atomic E-state index is -1.36. The van der Waals surface area contributed by atoms with Gasteiger partial charge in [-0.3, -0.25) is 0 Å². The predicted octanol–water partition coefficient (Wildman–Crippen LogP) is 4.06. The lowest BCUT2D eigenvalue weighted by molar-refractivity contribution is 0.219. The molecule has 0 fully saturated rings. The maximum atomic E-state index is 9.38. The number of phenolic OH excluding ortho intramolecular Hbond substituents is 2. The molecule has 0 spiro atoms.